The van der Waals surface area contributed by atoms with Crippen molar-refractivity contribution in [1.82, 2.24) is 0 Å². The van der Waals surface area contributed by atoms with E-state index in [-0.39, 0.29) is 5.97 Å². The maximum absolute atomic E-state index is 11.3. The summed E-state index contributed by atoms with van der Waals surface area (Å²) < 4.78 is 5.18. The van der Waals surface area contributed by atoms with Gasteiger partial charge in [0.15, 0.2) is 0 Å². The molecule has 150 valence electrons. The van der Waals surface area contributed by atoms with Gasteiger partial charge in [-0.3, -0.25) is 0 Å². The third-order valence-corrected chi connectivity index (χ3v) is 3.48. The zero-order chi connectivity index (χ0) is 21.3. The average molecular weight is 379 g/mol. The van der Waals surface area contributed by atoms with Crippen LogP contribution in [0.25, 0.3) is 0 Å². The number of benzene rings is 3. The van der Waals surface area contributed by atoms with E-state index in [2.05, 4.69) is 0 Å². The Hall–Kier alpha value is -2.87. The van der Waals surface area contributed by atoms with E-state index in [1.54, 1.807) is 6.07 Å². The lowest BCUT2D eigenvalue weighted by atomic mass is 9.96. The molecule has 2 nitrogen and oxygen atoms in total. The smallest absolute Gasteiger partial charge is 0.339 e. The normalized spacial score (nSPS) is 11.9. The van der Waals surface area contributed by atoms with Gasteiger partial charge in [-0.25, -0.2) is 4.79 Å². The number of carbonyl (C=O) groups excluding carboxylic acids is 1. The standard InChI is InChI=1S/C10H10O2.2C6H6.2C2H6/c1-10(2)8-6-4-3-5-7(8)9(11)12-10;2*1-2-4-6-5-3-1;2*1-2/h3-6H,1-2H3;2*1-6H;2*1-2H3. The van der Waals surface area contributed by atoms with Crippen LogP contribution in [0.1, 0.15) is 57.5 Å². The second-order valence-corrected chi connectivity index (χ2v) is 5.75. The van der Waals surface area contributed by atoms with Crippen LogP contribution in [0.4, 0.5) is 0 Å². The number of carbonyl (C=O) groups is 1. The van der Waals surface area contributed by atoms with Crippen LogP contribution in [0.3, 0.4) is 0 Å². The minimum absolute atomic E-state index is 0.212. The molecule has 0 atom stereocenters. The Labute approximate surface area is 171 Å². The first-order valence-electron chi connectivity index (χ1n) is 9.94. The summed E-state index contributed by atoms with van der Waals surface area (Å²) in [6.07, 6.45) is 0. The molecular weight excluding hydrogens is 344 g/mol. The Morgan fingerprint density at radius 1 is 0.571 bits per heavy atom. The first-order chi connectivity index (χ1) is 13.6. The molecule has 0 bridgehead atoms. The molecule has 0 saturated heterocycles. The quantitative estimate of drug-likeness (QED) is 0.378. The van der Waals surface area contributed by atoms with Gasteiger partial charge < -0.3 is 4.74 Å². The predicted molar refractivity (Wildman–Crippen MR) is 120 cm³/mol. The summed E-state index contributed by atoms with van der Waals surface area (Å²) in [4.78, 5) is 11.3. The molecule has 0 N–H and O–H groups in total. The molecule has 0 aromatic heterocycles. The van der Waals surface area contributed by atoms with Crippen molar-refractivity contribution in [1.29, 1.82) is 0 Å². The molecule has 0 spiro atoms. The Kier molecular flexibility index (Phi) is 13.7. The number of hydrogen-bond acceptors (Lipinski definition) is 2. The average Bonchev–Trinajstić information content (AvgIpc) is 3.03. The molecule has 0 aliphatic carbocycles. The summed E-state index contributed by atoms with van der Waals surface area (Å²) in [6, 6.07) is 31.5. The van der Waals surface area contributed by atoms with Gasteiger partial charge in [-0.2, -0.15) is 0 Å². The van der Waals surface area contributed by atoms with Crippen molar-refractivity contribution in [2.45, 2.75) is 47.1 Å². The highest BCUT2D eigenvalue weighted by Gasteiger charge is 2.36. The van der Waals surface area contributed by atoms with Gasteiger partial charge in [0.05, 0.1) is 5.56 Å². The summed E-state index contributed by atoms with van der Waals surface area (Å²) in [6.45, 7) is 11.8. The van der Waals surface area contributed by atoms with Crippen molar-refractivity contribution in [3.63, 3.8) is 0 Å². The van der Waals surface area contributed by atoms with Gasteiger partial charge in [-0.05, 0) is 19.9 Å². The monoisotopic (exact) mass is 378 g/mol. The molecule has 2 heteroatoms. The SMILES string of the molecule is CC.CC.CC1(C)OC(=O)c2ccccc21.c1ccccc1.c1ccccc1. The molecule has 0 radical (unpaired) electrons. The fraction of sp³-hybridized carbons (Fsp3) is 0.269. The molecule has 0 fully saturated rings. The lowest BCUT2D eigenvalue weighted by Gasteiger charge is -2.16. The van der Waals surface area contributed by atoms with Gasteiger partial charge in [0.1, 0.15) is 5.60 Å². The summed E-state index contributed by atoms with van der Waals surface area (Å²) in [5.41, 5.74) is 1.23. The maximum Gasteiger partial charge on any atom is 0.339 e. The molecular formula is C26H34O2. The van der Waals surface area contributed by atoms with Gasteiger partial charge in [0.2, 0.25) is 0 Å². The van der Waals surface area contributed by atoms with Crippen molar-refractivity contribution in [2.24, 2.45) is 0 Å². The van der Waals surface area contributed by atoms with Crippen LogP contribution in [0, 0.1) is 0 Å². The zero-order valence-corrected chi connectivity index (χ0v) is 18.1. The Balaban J connectivity index is 0.000000387. The highest BCUT2D eigenvalue weighted by atomic mass is 16.6. The molecule has 0 unspecified atom stereocenters. The molecule has 1 aliphatic rings. The van der Waals surface area contributed by atoms with Crippen LogP contribution in [-0.4, -0.2) is 5.97 Å². The molecule has 3 aromatic rings. The number of hydrogen-bond donors (Lipinski definition) is 0. The lowest BCUT2D eigenvalue weighted by Crippen LogP contribution is -2.15. The summed E-state index contributed by atoms with van der Waals surface area (Å²) in [5, 5.41) is 0. The zero-order valence-electron chi connectivity index (χ0n) is 18.1. The fourth-order valence-electron chi connectivity index (χ4n) is 2.30. The highest BCUT2D eigenvalue weighted by molar-refractivity contribution is 5.94. The minimum atomic E-state index is -0.451. The van der Waals surface area contributed by atoms with E-state index in [0.29, 0.717) is 5.56 Å². The largest absolute Gasteiger partial charge is 0.451 e. The predicted octanol–water partition coefficient (Wildman–Crippen LogP) is 7.52. The van der Waals surface area contributed by atoms with Gasteiger partial charge in [-0.15, -0.1) is 0 Å². The van der Waals surface area contributed by atoms with E-state index in [9.17, 15) is 4.79 Å². The van der Waals surface area contributed by atoms with E-state index >= 15 is 0 Å². The molecule has 0 amide bonds. The van der Waals surface area contributed by atoms with Crippen molar-refractivity contribution >= 4 is 5.97 Å². The van der Waals surface area contributed by atoms with Crippen LogP contribution in [-0.2, 0) is 10.3 Å². The first-order valence-corrected chi connectivity index (χ1v) is 9.94. The number of rotatable bonds is 0. The maximum atomic E-state index is 11.3. The number of ether oxygens (including phenoxy) is 1. The van der Waals surface area contributed by atoms with Crippen LogP contribution < -0.4 is 0 Å². The van der Waals surface area contributed by atoms with E-state index in [0.717, 1.165) is 5.56 Å². The van der Waals surface area contributed by atoms with Crippen LogP contribution in [0.15, 0.2) is 97.1 Å². The van der Waals surface area contributed by atoms with Crippen molar-refractivity contribution in [3.8, 4) is 0 Å². The molecule has 1 heterocycles. The number of esters is 1. The Morgan fingerprint density at radius 3 is 1.21 bits per heavy atom. The third kappa shape index (κ3) is 9.18. The van der Waals surface area contributed by atoms with E-state index in [1.165, 1.54) is 0 Å². The van der Waals surface area contributed by atoms with Gasteiger partial charge >= 0.3 is 5.97 Å². The molecule has 4 rings (SSSR count). The Bertz CT molecular complexity index is 650. The highest BCUT2D eigenvalue weighted by Crippen LogP contribution is 2.35. The van der Waals surface area contributed by atoms with Crippen molar-refractivity contribution < 1.29 is 9.53 Å². The number of fused-ring (bicyclic) bond motifs is 1. The summed E-state index contributed by atoms with van der Waals surface area (Å²) in [5.74, 6) is -0.212. The van der Waals surface area contributed by atoms with Crippen molar-refractivity contribution in [3.05, 3.63) is 108 Å². The summed E-state index contributed by atoms with van der Waals surface area (Å²) in [7, 11) is 0. The molecule has 1 aliphatic heterocycles. The first kappa shape index (κ1) is 25.1. The molecule has 28 heavy (non-hydrogen) atoms. The van der Waals surface area contributed by atoms with E-state index < -0.39 is 5.60 Å². The molecule has 0 saturated carbocycles. The van der Waals surface area contributed by atoms with Gasteiger partial charge in [0.25, 0.3) is 0 Å². The van der Waals surface area contributed by atoms with Gasteiger partial charge in [0, 0.05) is 5.56 Å². The summed E-state index contributed by atoms with van der Waals surface area (Å²) >= 11 is 0. The van der Waals surface area contributed by atoms with E-state index in [4.69, 9.17) is 4.74 Å². The fourth-order valence-corrected chi connectivity index (χ4v) is 2.30. The van der Waals surface area contributed by atoms with Crippen LogP contribution in [0.5, 0.6) is 0 Å². The lowest BCUT2D eigenvalue weighted by molar-refractivity contribution is 0.00954. The molecule has 3 aromatic carbocycles. The Morgan fingerprint density at radius 2 is 0.893 bits per heavy atom. The second-order valence-electron chi connectivity index (χ2n) is 5.75. The van der Waals surface area contributed by atoms with Crippen LogP contribution in [0.2, 0.25) is 0 Å². The minimum Gasteiger partial charge on any atom is -0.451 e. The number of cyclic esters (lactones) is 1. The van der Waals surface area contributed by atoms with Crippen LogP contribution >= 0.6 is 0 Å². The second kappa shape index (κ2) is 15.2. The van der Waals surface area contributed by atoms with Gasteiger partial charge in [-0.1, -0.05) is 119 Å². The van der Waals surface area contributed by atoms with Crippen molar-refractivity contribution in [2.75, 3.05) is 0 Å². The topological polar surface area (TPSA) is 26.3 Å². The third-order valence-electron chi connectivity index (χ3n) is 3.48. The van der Waals surface area contributed by atoms with E-state index in [1.807, 2.05) is 133 Å².